The van der Waals surface area contributed by atoms with Crippen molar-refractivity contribution in [3.63, 3.8) is 0 Å². The first-order valence-corrected chi connectivity index (χ1v) is 10.1. The number of esters is 1. The molecule has 3 aromatic rings. The van der Waals surface area contributed by atoms with E-state index in [1.807, 2.05) is 60.7 Å². The minimum atomic E-state index is -0.425. The van der Waals surface area contributed by atoms with Crippen LogP contribution in [0.4, 0.5) is 0 Å². The van der Waals surface area contributed by atoms with Crippen molar-refractivity contribution in [2.24, 2.45) is 0 Å². The van der Waals surface area contributed by atoms with Crippen LogP contribution in [-0.4, -0.2) is 24.8 Å². The number of nitrogens with zero attached hydrogens (tertiary/aromatic N) is 1. The molecule has 0 aliphatic rings. The van der Waals surface area contributed by atoms with Gasteiger partial charge in [-0.1, -0.05) is 36.4 Å². The Balaban J connectivity index is 2.06. The summed E-state index contributed by atoms with van der Waals surface area (Å²) < 4.78 is 10.3. The second kappa shape index (κ2) is 10.6. The number of benzene rings is 3. The van der Waals surface area contributed by atoms with Crippen LogP contribution in [0, 0.1) is 11.3 Å². The third kappa shape index (κ3) is 5.24. The van der Waals surface area contributed by atoms with Crippen LogP contribution in [0.3, 0.4) is 0 Å². The molecule has 0 aliphatic heterocycles. The number of aliphatic hydroxyl groups is 1. The first-order chi connectivity index (χ1) is 15.6. The Morgan fingerprint density at radius 3 is 2.53 bits per heavy atom. The molecule has 0 aliphatic carbocycles. The van der Waals surface area contributed by atoms with Crippen LogP contribution in [0.5, 0.6) is 5.75 Å². The van der Waals surface area contributed by atoms with Crippen molar-refractivity contribution in [2.45, 2.75) is 6.92 Å². The zero-order valence-electron chi connectivity index (χ0n) is 17.9. The van der Waals surface area contributed by atoms with Crippen molar-refractivity contribution in [1.29, 1.82) is 5.26 Å². The smallest absolute Gasteiger partial charge is 0.330 e. The Bertz CT molecular complexity index is 1220. The van der Waals surface area contributed by atoms with Gasteiger partial charge in [-0.3, -0.25) is 0 Å². The van der Waals surface area contributed by atoms with Crippen LogP contribution < -0.4 is 4.74 Å². The maximum atomic E-state index is 11.8. The molecule has 0 fully saturated rings. The SMILES string of the molecule is CCOC(=O)/C=C/c1cc(OC)ccc1-c1ccc(-c2cccc(/C=C\O)c2)c(C#N)c1. The number of methoxy groups -OCH3 is 1. The van der Waals surface area contributed by atoms with Gasteiger partial charge in [0.05, 0.1) is 31.6 Å². The van der Waals surface area contributed by atoms with Crippen molar-refractivity contribution in [3.05, 3.63) is 89.7 Å². The Hall–Kier alpha value is -4.30. The van der Waals surface area contributed by atoms with E-state index in [-0.39, 0.29) is 0 Å². The number of hydrogen-bond donors (Lipinski definition) is 1. The van der Waals surface area contributed by atoms with Crippen molar-refractivity contribution in [1.82, 2.24) is 0 Å². The predicted octanol–water partition coefficient (Wildman–Crippen LogP) is 6.01. The van der Waals surface area contributed by atoms with Crippen LogP contribution in [0.15, 0.2) is 73.0 Å². The lowest BCUT2D eigenvalue weighted by atomic mass is 9.92. The van der Waals surface area contributed by atoms with Crippen LogP contribution in [0.2, 0.25) is 0 Å². The van der Waals surface area contributed by atoms with Gasteiger partial charge in [0.25, 0.3) is 0 Å². The zero-order valence-corrected chi connectivity index (χ0v) is 17.9. The van der Waals surface area contributed by atoms with Gasteiger partial charge in [0.15, 0.2) is 0 Å². The minimum Gasteiger partial charge on any atom is -0.516 e. The van der Waals surface area contributed by atoms with Gasteiger partial charge in [-0.05, 0) is 76.7 Å². The van der Waals surface area contributed by atoms with Crippen LogP contribution in [0.25, 0.3) is 34.4 Å². The average molecular weight is 425 g/mol. The first-order valence-electron chi connectivity index (χ1n) is 10.1. The second-order valence-corrected chi connectivity index (χ2v) is 6.85. The van der Waals surface area contributed by atoms with Gasteiger partial charge in [-0.15, -0.1) is 0 Å². The Labute approximate surface area is 187 Å². The normalized spacial score (nSPS) is 10.9. The van der Waals surface area contributed by atoms with E-state index in [1.165, 1.54) is 6.08 Å². The summed E-state index contributed by atoms with van der Waals surface area (Å²) in [5.41, 5.74) is 5.48. The molecule has 0 saturated carbocycles. The summed E-state index contributed by atoms with van der Waals surface area (Å²) >= 11 is 0. The fourth-order valence-electron chi connectivity index (χ4n) is 3.37. The van der Waals surface area contributed by atoms with Crippen LogP contribution in [0.1, 0.15) is 23.6 Å². The molecule has 0 amide bonds. The molecule has 0 spiro atoms. The summed E-state index contributed by atoms with van der Waals surface area (Å²) in [6, 6.07) is 21.1. The van der Waals surface area contributed by atoms with E-state index >= 15 is 0 Å². The highest BCUT2D eigenvalue weighted by molar-refractivity contribution is 5.90. The maximum Gasteiger partial charge on any atom is 0.330 e. The number of rotatable bonds is 7. The number of nitriles is 1. The molecule has 0 radical (unpaired) electrons. The summed E-state index contributed by atoms with van der Waals surface area (Å²) in [4.78, 5) is 11.8. The molecule has 3 aromatic carbocycles. The zero-order chi connectivity index (χ0) is 22.9. The highest BCUT2D eigenvalue weighted by Crippen LogP contribution is 2.33. The van der Waals surface area contributed by atoms with E-state index in [9.17, 15) is 10.1 Å². The molecule has 1 N–H and O–H groups in total. The highest BCUT2D eigenvalue weighted by atomic mass is 16.5. The van der Waals surface area contributed by atoms with Crippen molar-refractivity contribution < 1.29 is 19.4 Å². The Morgan fingerprint density at radius 1 is 1.03 bits per heavy atom. The molecule has 0 bridgehead atoms. The quantitative estimate of drug-likeness (QED) is 0.285. The van der Waals surface area contributed by atoms with E-state index in [1.54, 1.807) is 26.2 Å². The third-order valence-electron chi connectivity index (χ3n) is 4.86. The second-order valence-electron chi connectivity index (χ2n) is 6.85. The number of aliphatic hydroxyl groups excluding tert-OH is 1. The van der Waals surface area contributed by atoms with E-state index < -0.39 is 5.97 Å². The van der Waals surface area contributed by atoms with E-state index in [0.717, 1.165) is 39.6 Å². The van der Waals surface area contributed by atoms with Gasteiger partial charge in [0, 0.05) is 6.08 Å². The fraction of sp³-hybridized carbons (Fsp3) is 0.111. The molecular formula is C27H23NO4. The number of hydrogen-bond acceptors (Lipinski definition) is 5. The molecule has 5 nitrogen and oxygen atoms in total. The Morgan fingerprint density at radius 2 is 1.81 bits per heavy atom. The molecular weight excluding hydrogens is 402 g/mol. The lowest BCUT2D eigenvalue weighted by Crippen LogP contribution is -1.99. The van der Waals surface area contributed by atoms with Crippen molar-refractivity contribution in [2.75, 3.05) is 13.7 Å². The van der Waals surface area contributed by atoms with E-state index in [0.29, 0.717) is 17.9 Å². The summed E-state index contributed by atoms with van der Waals surface area (Å²) in [5, 5.41) is 18.9. The standard InChI is InChI=1S/C27H23NO4/c1-3-32-27(30)12-8-22-17-24(31-2)9-11-25(22)21-7-10-26(23(16-21)18-28)20-6-4-5-19(15-20)13-14-29/h4-17,29H,3H2,1-2H3/b12-8+,14-13-. The summed E-state index contributed by atoms with van der Waals surface area (Å²) in [6.07, 6.45) is 5.63. The molecule has 32 heavy (non-hydrogen) atoms. The monoisotopic (exact) mass is 425 g/mol. The molecule has 5 heteroatoms. The Kier molecular flexibility index (Phi) is 7.45. The number of carbonyl (C=O) groups is 1. The van der Waals surface area contributed by atoms with Crippen molar-refractivity contribution >= 4 is 18.1 Å². The van der Waals surface area contributed by atoms with Gasteiger partial charge < -0.3 is 14.6 Å². The van der Waals surface area contributed by atoms with Gasteiger partial charge >= 0.3 is 5.97 Å². The summed E-state index contributed by atoms with van der Waals surface area (Å²) in [7, 11) is 1.58. The maximum absolute atomic E-state index is 11.8. The number of ether oxygens (including phenoxy) is 2. The summed E-state index contributed by atoms with van der Waals surface area (Å²) in [6.45, 7) is 2.06. The number of carbonyl (C=O) groups excluding carboxylic acids is 1. The largest absolute Gasteiger partial charge is 0.516 e. The molecule has 0 heterocycles. The predicted molar refractivity (Wildman–Crippen MR) is 126 cm³/mol. The first kappa shape index (κ1) is 22.4. The van der Waals surface area contributed by atoms with Crippen LogP contribution in [-0.2, 0) is 9.53 Å². The van der Waals surface area contributed by atoms with Gasteiger partial charge in [-0.25, -0.2) is 4.79 Å². The fourth-order valence-corrected chi connectivity index (χ4v) is 3.37. The molecule has 160 valence electrons. The average Bonchev–Trinajstić information content (AvgIpc) is 2.82. The minimum absolute atomic E-state index is 0.302. The molecule has 0 saturated heterocycles. The summed E-state index contributed by atoms with van der Waals surface area (Å²) in [5.74, 6) is 0.231. The molecule has 0 aromatic heterocycles. The molecule has 0 atom stereocenters. The van der Waals surface area contributed by atoms with Gasteiger partial charge in [0.2, 0.25) is 0 Å². The highest BCUT2D eigenvalue weighted by Gasteiger charge is 2.11. The van der Waals surface area contributed by atoms with E-state index in [2.05, 4.69) is 6.07 Å². The van der Waals surface area contributed by atoms with Crippen LogP contribution >= 0.6 is 0 Å². The molecule has 0 unspecified atom stereocenters. The third-order valence-corrected chi connectivity index (χ3v) is 4.86. The lowest BCUT2D eigenvalue weighted by molar-refractivity contribution is -0.137. The lowest BCUT2D eigenvalue weighted by Gasteiger charge is -2.12. The van der Waals surface area contributed by atoms with E-state index in [4.69, 9.17) is 14.6 Å². The topological polar surface area (TPSA) is 79.6 Å². The van der Waals surface area contributed by atoms with Gasteiger partial charge in [0.1, 0.15) is 5.75 Å². The van der Waals surface area contributed by atoms with Crippen molar-refractivity contribution in [3.8, 4) is 34.1 Å². The molecule has 3 rings (SSSR count). The van der Waals surface area contributed by atoms with Gasteiger partial charge in [-0.2, -0.15) is 5.26 Å².